The van der Waals surface area contributed by atoms with E-state index in [1.807, 2.05) is 0 Å². The molecule has 3 unspecified atom stereocenters. The number of benzene rings is 2. The second-order valence-corrected chi connectivity index (χ2v) is 9.44. The summed E-state index contributed by atoms with van der Waals surface area (Å²) >= 11 is 0. The normalized spacial score (nSPS) is 28.5. The highest BCUT2D eigenvalue weighted by Gasteiger charge is 2.33. The first kappa shape index (κ1) is 20.5. The van der Waals surface area contributed by atoms with Crippen LogP contribution in [0, 0.1) is 0 Å². The Morgan fingerprint density at radius 1 is 0.719 bits per heavy atom. The summed E-state index contributed by atoms with van der Waals surface area (Å²) in [5.41, 5.74) is 5.13. The van der Waals surface area contributed by atoms with Gasteiger partial charge < -0.3 is 28.7 Å². The van der Waals surface area contributed by atoms with Gasteiger partial charge in [-0.2, -0.15) is 0 Å². The number of rotatable bonds is 11. The van der Waals surface area contributed by atoms with Crippen LogP contribution < -0.4 is 9.80 Å². The predicted octanol–water partition coefficient (Wildman–Crippen LogP) is 3.39. The lowest BCUT2D eigenvalue weighted by atomic mass is 9.92. The summed E-state index contributed by atoms with van der Waals surface area (Å²) in [4.78, 5) is 4.76. The maximum absolute atomic E-state index is 5.76. The monoisotopic (exact) mass is 436 g/mol. The van der Waals surface area contributed by atoms with Crippen molar-refractivity contribution in [3.8, 4) is 0 Å². The van der Waals surface area contributed by atoms with Crippen LogP contribution in [0.25, 0.3) is 0 Å². The molecule has 0 aromatic heterocycles. The van der Waals surface area contributed by atoms with Crippen molar-refractivity contribution in [1.82, 2.24) is 0 Å². The topological polar surface area (TPSA) is 53.3 Å². The summed E-state index contributed by atoms with van der Waals surface area (Å²) in [7, 11) is 0. The van der Waals surface area contributed by atoms with Gasteiger partial charge in [0.15, 0.2) is 0 Å². The van der Waals surface area contributed by atoms with E-state index in [-0.39, 0.29) is 6.23 Å². The molecule has 0 N–H and O–H groups in total. The van der Waals surface area contributed by atoms with Crippen LogP contribution in [0.4, 0.5) is 11.4 Å². The van der Waals surface area contributed by atoms with Crippen LogP contribution in [0.2, 0.25) is 0 Å². The zero-order valence-electron chi connectivity index (χ0n) is 18.7. The van der Waals surface area contributed by atoms with Crippen molar-refractivity contribution in [3.05, 3.63) is 59.7 Å². The first-order valence-electron chi connectivity index (χ1n) is 11.9. The largest absolute Gasteiger partial charge is 0.371 e. The zero-order chi connectivity index (χ0) is 21.5. The standard InChI is InChI=1S/C26H32N2O4/c1-18(19-2-6-21(7-3-19)27(12-23-15-30-23)13-24-16-31-24)20-4-8-22(9-5-20)28(14-25-17-32-25)26-10-11-29-26/h2-9,18,23-26H,10-17H2,1H3/t18-,23?,24?,25?,26-/m0/s1. The number of epoxide rings is 3. The minimum Gasteiger partial charge on any atom is -0.371 e. The third-order valence-electron chi connectivity index (χ3n) is 6.96. The Morgan fingerprint density at radius 2 is 1.19 bits per heavy atom. The van der Waals surface area contributed by atoms with Crippen LogP contribution >= 0.6 is 0 Å². The third-order valence-corrected chi connectivity index (χ3v) is 6.96. The molecule has 0 spiro atoms. The van der Waals surface area contributed by atoms with Gasteiger partial charge in [0.25, 0.3) is 0 Å². The zero-order valence-corrected chi connectivity index (χ0v) is 18.7. The molecule has 6 nitrogen and oxygen atoms in total. The second kappa shape index (κ2) is 8.67. The van der Waals surface area contributed by atoms with Crippen LogP contribution in [0.1, 0.15) is 30.4 Å². The van der Waals surface area contributed by atoms with Crippen LogP contribution in [0.3, 0.4) is 0 Å². The molecular weight excluding hydrogens is 404 g/mol. The van der Waals surface area contributed by atoms with Crippen molar-refractivity contribution >= 4 is 11.4 Å². The Morgan fingerprint density at radius 3 is 1.62 bits per heavy atom. The molecule has 32 heavy (non-hydrogen) atoms. The lowest BCUT2D eigenvalue weighted by Gasteiger charge is -2.38. The van der Waals surface area contributed by atoms with Crippen LogP contribution in [0.15, 0.2) is 48.5 Å². The highest BCUT2D eigenvalue weighted by atomic mass is 16.6. The smallest absolute Gasteiger partial charge is 0.132 e. The second-order valence-electron chi connectivity index (χ2n) is 9.44. The molecule has 4 heterocycles. The molecule has 2 aromatic carbocycles. The maximum atomic E-state index is 5.76. The number of hydrogen-bond acceptors (Lipinski definition) is 6. The van der Waals surface area contributed by atoms with Crippen molar-refractivity contribution in [1.29, 1.82) is 0 Å². The third kappa shape index (κ3) is 4.79. The molecule has 6 heteroatoms. The van der Waals surface area contributed by atoms with Gasteiger partial charge in [0.2, 0.25) is 0 Å². The van der Waals surface area contributed by atoms with Crippen molar-refractivity contribution in [2.45, 2.75) is 43.8 Å². The number of nitrogens with zero attached hydrogens (tertiary/aromatic N) is 2. The fraction of sp³-hybridized carbons (Fsp3) is 0.538. The van der Waals surface area contributed by atoms with Gasteiger partial charge in [-0.25, -0.2) is 0 Å². The first-order valence-corrected chi connectivity index (χ1v) is 11.9. The number of ether oxygens (including phenoxy) is 4. The Labute approximate surface area is 190 Å². The first-order chi connectivity index (χ1) is 15.7. The van der Waals surface area contributed by atoms with Crippen molar-refractivity contribution in [2.24, 2.45) is 0 Å². The lowest BCUT2D eigenvalue weighted by Crippen LogP contribution is -2.46. The van der Waals surface area contributed by atoms with E-state index in [1.54, 1.807) is 0 Å². The molecule has 4 aliphatic rings. The highest BCUT2D eigenvalue weighted by molar-refractivity contribution is 5.52. The molecule has 0 saturated carbocycles. The van der Waals surface area contributed by atoms with E-state index in [0.717, 1.165) is 52.5 Å². The lowest BCUT2D eigenvalue weighted by molar-refractivity contribution is -0.0516. The van der Waals surface area contributed by atoms with Crippen molar-refractivity contribution < 1.29 is 18.9 Å². The van der Waals surface area contributed by atoms with Crippen molar-refractivity contribution in [3.63, 3.8) is 0 Å². The summed E-state index contributed by atoms with van der Waals surface area (Å²) < 4.78 is 22.1. The summed E-state index contributed by atoms with van der Waals surface area (Å²) in [6.45, 7) is 8.57. The van der Waals surface area contributed by atoms with E-state index >= 15 is 0 Å². The minimum atomic E-state index is 0.194. The molecule has 0 radical (unpaired) electrons. The Balaban J connectivity index is 1.13. The molecular formula is C26H32N2O4. The van der Waals surface area contributed by atoms with Gasteiger partial charge in [-0.05, 0) is 35.4 Å². The Bertz CT molecular complexity index is 888. The summed E-state index contributed by atoms with van der Waals surface area (Å²) in [5.74, 6) is 0.338. The Kier molecular flexibility index (Phi) is 5.55. The summed E-state index contributed by atoms with van der Waals surface area (Å²) in [6.07, 6.45) is 2.40. The van der Waals surface area contributed by atoms with Crippen LogP contribution in [-0.2, 0) is 18.9 Å². The van der Waals surface area contributed by atoms with Gasteiger partial charge in [0.1, 0.15) is 6.23 Å². The molecule has 4 saturated heterocycles. The SMILES string of the molecule is C[C@@H](c1ccc(N(CC2CO2)CC2CO2)cc1)c1ccc(N(CC2CO2)[C@@H]2CCO2)cc1. The average molecular weight is 437 g/mol. The average Bonchev–Trinajstić information content (AvgIpc) is 3.62. The molecule has 0 amide bonds. The summed E-state index contributed by atoms with van der Waals surface area (Å²) in [5, 5.41) is 0. The molecule has 0 aliphatic carbocycles. The van der Waals surface area contributed by atoms with Gasteiger partial charge in [0, 0.05) is 43.3 Å². The van der Waals surface area contributed by atoms with Gasteiger partial charge in [-0.3, -0.25) is 0 Å². The van der Waals surface area contributed by atoms with Gasteiger partial charge >= 0.3 is 0 Å². The molecule has 5 atom stereocenters. The van der Waals surface area contributed by atoms with Gasteiger partial charge in [-0.15, -0.1) is 0 Å². The molecule has 2 aromatic rings. The molecule has 0 bridgehead atoms. The predicted molar refractivity (Wildman–Crippen MR) is 124 cm³/mol. The molecule has 6 rings (SSSR count). The minimum absolute atomic E-state index is 0.194. The van der Waals surface area contributed by atoms with E-state index in [4.69, 9.17) is 18.9 Å². The number of hydrogen-bond donors (Lipinski definition) is 0. The molecule has 4 fully saturated rings. The fourth-order valence-electron chi connectivity index (χ4n) is 4.50. The van der Waals surface area contributed by atoms with E-state index in [9.17, 15) is 0 Å². The Hall–Kier alpha value is -2.12. The molecule has 4 aliphatic heterocycles. The van der Waals surface area contributed by atoms with Gasteiger partial charge in [0.05, 0.1) is 44.7 Å². The van der Waals surface area contributed by atoms with Crippen molar-refractivity contribution in [2.75, 3.05) is 55.9 Å². The van der Waals surface area contributed by atoms with E-state index < -0.39 is 0 Å². The van der Waals surface area contributed by atoms with E-state index in [2.05, 4.69) is 65.3 Å². The summed E-state index contributed by atoms with van der Waals surface area (Å²) in [6, 6.07) is 18.0. The molecule has 170 valence electrons. The number of anilines is 2. The van der Waals surface area contributed by atoms with Crippen LogP contribution in [-0.4, -0.2) is 70.6 Å². The quantitative estimate of drug-likeness (QED) is 0.504. The van der Waals surface area contributed by atoms with E-state index in [1.165, 1.54) is 22.5 Å². The van der Waals surface area contributed by atoms with Crippen LogP contribution in [0.5, 0.6) is 0 Å². The maximum Gasteiger partial charge on any atom is 0.132 e. The van der Waals surface area contributed by atoms with E-state index in [0.29, 0.717) is 24.2 Å². The highest BCUT2D eigenvalue weighted by Crippen LogP contribution is 2.31. The van der Waals surface area contributed by atoms with Gasteiger partial charge in [-0.1, -0.05) is 31.2 Å². The fourth-order valence-corrected chi connectivity index (χ4v) is 4.50.